The summed E-state index contributed by atoms with van der Waals surface area (Å²) in [6.45, 7) is 7.22. The average Bonchev–Trinajstić information content (AvgIpc) is 2.34. The number of likely N-dealkylation sites (N-methyl/N-ethyl adjacent to an activating group) is 1. The van der Waals surface area contributed by atoms with Gasteiger partial charge in [0.2, 0.25) is 0 Å². The Hall–Kier alpha value is -1.20. The lowest BCUT2D eigenvalue weighted by atomic mass is 10.0. The molecule has 0 saturated carbocycles. The summed E-state index contributed by atoms with van der Waals surface area (Å²) >= 11 is 0. The molecular formula is C16H25F2N3. The van der Waals surface area contributed by atoms with E-state index in [1.807, 2.05) is 18.9 Å². The number of piperazine rings is 1. The first kappa shape index (κ1) is 16.2. The van der Waals surface area contributed by atoms with Crippen molar-refractivity contribution in [1.29, 1.82) is 0 Å². The van der Waals surface area contributed by atoms with E-state index in [-0.39, 0.29) is 23.8 Å². The van der Waals surface area contributed by atoms with Crippen molar-refractivity contribution in [3.05, 3.63) is 29.3 Å². The Kier molecular flexibility index (Phi) is 4.84. The van der Waals surface area contributed by atoms with Gasteiger partial charge in [0, 0.05) is 31.2 Å². The van der Waals surface area contributed by atoms with E-state index >= 15 is 0 Å². The minimum Gasteiger partial charge on any atom is -0.364 e. The zero-order chi connectivity index (χ0) is 15.7. The topological polar surface area (TPSA) is 32.5 Å². The third-order valence-corrected chi connectivity index (χ3v) is 4.31. The molecule has 1 saturated heterocycles. The molecular weight excluding hydrogens is 272 g/mol. The van der Waals surface area contributed by atoms with E-state index in [0.29, 0.717) is 25.1 Å². The fourth-order valence-electron chi connectivity index (χ4n) is 3.00. The summed E-state index contributed by atoms with van der Waals surface area (Å²) in [5.74, 6) is -0.982. The highest BCUT2D eigenvalue weighted by Gasteiger charge is 2.29. The predicted molar refractivity (Wildman–Crippen MR) is 82.6 cm³/mol. The van der Waals surface area contributed by atoms with Crippen LogP contribution in [0.5, 0.6) is 0 Å². The molecule has 0 aliphatic carbocycles. The van der Waals surface area contributed by atoms with Crippen molar-refractivity contribution in [1.82, 2.24) is 4.90 Å². The summed E-state index contributed by atoms with van der Waals surface area (Å²) in [5, 5.41) is 0. The van der Waals surface area contributed by atoms with Crippen molar-refractivity contribution in [3.8, 4) is 0 Å². The lowest BCUT2D eigenvalue weighted by molar-refractivity contribution is 0.169. The summed E-state index contributed by atoms with van der Waals surface area (Å²) in [6.07, 6.45) is 0.476. The van der Waals surface area contributed by atoms with Crippen molar-refractivity contribution >= 4 is 5.69 Å². The molecule has 118 valence electrons. The van der Waals surface area contributed by atoms with Crippen LogP contribution in [0, 0.1) is 11.6 Å². The fraction of sp³-hybridized carbons (Fsp3) is 0.625. The number of hydrogen-bond acceptors (Lipinski definition) is 3. The van der Waals surface area contributed by atoms with Crippen LogP contribution in [0.3, 0.4) is 0 Å². The molecule has 1 aliphatic heterocycles. The molecule has 1 heterocycles. The maximum atomic E-state index is 14.4. The number of halogens is 2. The molecule has 0 radical (unpaired) electrons. The maximum absolute atomic E-state index is 14.4. The summed E-state index contributed by atoms with van der Waals surface area (Å²) in [5.41, 5.74) is 6.40. The summed E-state index contributed by atoms with van der Waals surface area (Å²) in [4.78, 5) is 4.05. The van der Waals surface area contributed by atoms with Crippen molar-refractivity contribution in [2.24, 2.45) is 5.73 Å². The highest BCUT2D eigenvalue weighted by molar-refractivity contribution is 5.51. The maximum Gasteiger partial charge on any atom is 0.149 e. The second kappa shape index (κ2) is 6.28. The summed E-state index contributed by atoms with van der Waals surface area (Å²) < 4.78 is 28.7. The van der Waals surface area contributed by atoms with E-state index in [4.69, 9.17) is 5.73 Å². The summed E-state index contributed by atoms with van der Waals surface area (Å²) in [6, 6.07) is 3.23. The third kappa shape index (κ3) is 3.52. The lowest BCUT2D eigenvalue weighted by Crippen LogP contribution is -2.55. The van der Waals surface area contributed by atoms with Crippen LogP contribution in [0.15, 0.2) is 12.1 Å². The Morgan fingerprint density at radius 2 is 1.67 bits per heavy atom. The van der Waals surface area contributed by atoms with Gasteiger partial charge < -0.3 is 10.6 Å². The van der Waals surface area contributed by atoms with E-state index in [1.54, 1.807) is 0 Å². The van der Waals surface area contributed by atoms with Gasteiger partial charge in [-0.05, 0) is 51.9 Å². The van der Waals surface area contributed by atoms with Gasteiger partial charge in [-0.3, -0.25) is 4.90 Å². The Bertz CT molecular complexity index is 469. The van der Waals surface area contributed by atoms with Crippen LogP contribution in [0.1, 0.15) is 26.3 Å². The van der Waals surface area contributed by atoms with Crippen LogP contribution in [0.4, 0.5) is 14.5 Å². The molecule has 0 bridgehead atoms. The number of nitrogens with zero attached hydrogens (tertiary/aromatic N) is 2. The molecule has 3 nitrogen and oxygen atoms in total. The first-order valence-electron chi connectivity index (χ1n) is 7.50. The van der Waals surface area contributed by atoms with Crippen LogP contribution in [-0.2, 0) is 6.42 Å². The highest BCUT2D eigenvalue weighted by Crippen LogP contribution is 2.28. The van der Waals surface area contributed by atoms with Crippen molar-refractivity contribution in [2.45, 2.75) is 45.3 Å². The first-order valence-corrected chi connectivity index (χ1v) is 7.50. The molecule has 1 aromatic carbocycles. The largest absolute Gasteiger partial charge is 0.364 e. The second-order valence-electron chi connectivity index (χ2n) is 6.36. The SMILES string of the molecule is CC(N)Cc1cc(F)c(N2CC(C)N(C)C(C)C2)c(F)c1. The van der Waals surface area contributed by atoms with Crippen LogP contribution in [0.25, 0.3) is 0 Å². The van der Waals surface area contributed by atoms with Gasteiger partial charge in [-0.15, -0.1) is 0 Å². The van der Waals surface area contributed by atoms with Crippen molar-refractivity contribution < 1.29 is 8.78 Å². The van der Waals surface area contributed by atoms with Crippen molar-refractivity contribution in [3.63, 3.8) is 0 Å². The van der Waals surface area contributed by atoms with Gasteiger partial charge >= 0.3 is 0 Å². The van der Waals surface area contributed by atoms with Crippen molar-refractivity contribution in [2.75, 3.05) is 25.0 Å². The molecule has 21 heavy (non-hydrogen) atoms. The zero-order valence-electron chi connectivity index (χ0n) is 13.2. The second-order valence-corrected chi connectivity index (χ2v) is 6.36. The van der Waals surface area contributed by atoms with E-state index in [0.717, 1.165) is 0 Å². The summed E-state index contributed by atoms with van der Waals surface area (Å²) in [7, 11) is 2.05. The van der Waals surface area contributed by atoms with Gasteiger partial charge in [-0.2, -0.15) is 0 Å². The highest BCUT2D eigenvalue weighted by atomic mass is 19.1. The smallest absolute Gasteiger partial charge is 0.149 e. The van der Waals surface area contributed by atoms with E-state index in [1.165, 1.54) is 12.1 Å². The monoisotopic (exact) mass is 297 g/mol. The Morgan fingerprint density at radius 1 is 1.19 bits per heavy atom. The van der Waals surface area contributed by atoms with E-state index < -0.39 is 11.6 Å². The molecule has 2 rings (SSSR count). The normalized spacial score (nSPS) is 25.2. The van der Waals surface area contributed by atoms with Gasteiger partial charge in [0.05, 0.1) is 0 Å². The van der Waals surface area contributed by atoms with Gasteiger partial charge in [-0.1, -0.05) is 0 Å². The van der Waals surface area contributed by atoms with Crippen LogP contribution < -0.4 is 10.6 Å². The zero-order valence-corrected chi connectivity index (χ0v) is 13.2. The number of benzene rings is 1. The Balaban J connectivity index is 2.28. The molecule has 1 fully saturated rings. The number of nitrogens with two attached hydrogens (primary N) is 1. The third-order valence-electron chi connectivity index (χ3n) is 4.31. The van der Waals surface area contributed by atoms with E-state index in [9.17, 15) is 8.78 Å². The minimum absolute atomic E-state index is 0.0928. The average molecular weight is 297 g/mol. The predicted octanol–water partition coefficient (Wildman–Crippen LogP) is 2.38. The Labute approximate surface area is 125 Å². The van der Waals surface area contributed by atoms with Gasteiger partial charge in [-0.25, -0.2) is 8.78 Å². The van der Waals surface area contributed by atoms with Gasteiger partial charge in [0.1, 0.15) is 17.3 Å². The van der Waals surface area contributed by atoms with E-state index in [2.05, 4.69) is 18.7 Å². The van der Waals surface area contributed by atoms with Gasteiger partial charge in [0.25, 0.3) is 0 Å². The van der Waals surface area contributed by atoms with Crippen LogP contribution >= 0.6 is 0 Å². The molecule has 3 atom stereocenters. The lowest BCUT2D eigenvalue weighted by Gasteiger charge is -2.43. The molecule has 0 amide bonds. The molecule has 2 N–H and O–H groups in total. The standard InChI is InChI=1S/C16H25F2N3/c1-10(19)5-13-6-14(17)16(15(18)7-13)21-8-11(2)20(4)12(3)9-21/h6-7,10-12H,5,8-9,19H2,1-4H3. The molecule has 0 spiro atoms. The number of hydrogen-bond donors (Lipinski definition) is 1. The fourth-order valence-corrected chi connectivity index (χ4v) is 3.00. The quantitative estimate of drug-likeness (QED) is 0.930. The van der Waals surface area contributed by atoms with Crippen LogP contribution in [-0.4, -0.2) is 43.2 Å². The minimum atomic E-state index is -0.491. The molecule has 5 heteroatoms. The molecule has 1 aliphatic rings. The van der Waals surface area contributed by atoms with Crippen LogP contribution in [0.2, 0.25) is 0 Å². The molecule has 0 aromatic heterocycles. The Morgan fingerprint density at radius 3 is 2.10 bits per heavy atom. The number of anilines is 1. The van der Waals surface area contributed by atoms with Gasteiger partial charge in [0.15, 0.2) is 0 Å². The molecule has 1 aromatic rings. The molecule has 3 unspecified atom stereocenters. The number of rotatable bonds is 3. The first-order chi connectivity index (χ1) is 9.79.